The summed E-state index contributed by atoms with van der Waals surface area (Å²) in [5.41, 5.74) is -0.984. The van der Waals surface area contributed by atoms with E-state index in [4.69, 9.17) is 7.98 Å². The minimum Gasteiger partial charge on any atom is -0.354 e. The lowest BCUT2D eigenvalue weighted by Crippen LogP contribution is -2.52. The van der Waals surface area contributed by atoms with Gasteiger partial charge in [-0.1, -0.05) is 13.8 Å². The van der Waals surface area contributed by atoms with E-state index < -0.39 is 5.41 Å². The summed E-state index contributed by atoms with van der Waals surface area (Å²) in [5.74, 6) is 0.457. The van der Waals surface area contributed by atoms with Gasteiger partial charge < -0.3 is 10.1 Å². The average Bonchev–Trinajstić information content (AvgIpc) is 2.96. The first-order chi connectivity index (χ1) is 9.39. The van der Waals surface area contributed by atoms with E-state index >= 15 is 0 Å². The second-order valence-corrected chi connectivity index (χ2v) is 7.23. The third-order valence-corrected chi connectivity index (χ3v) is 6.20. The Kier molecular flexibility index (Phi) is 3.24. The molecule has 2 saturated carbocycles. The molecule has 0 aromatic carbocycles. The summed E-state index contributed by atoms with van der Waals surface area (Å²) in [5, 5.41) is 3.02. The molecule has 5 heteroatoms. The molecule has 0 aromatic rings. The van der Waals surface area contributed by atoms with E-state index in [1.165, 1.54) is 0 Å². The number of nitrogens with zero attached hydrogens (tertiary/aromatic N) is 1. The van der Waals surface area contributed by atoms with Crippen molar-refractivity contribution in [1.82, 2.24) is 10.1 Å². The summed E-state index contributed by atoms with van der Waals surface area (Å²) in [6, 6.07) is 0.215. The maximum atomic E-state index is 12.7. The van der Waals surface area contributed by atoms with E-state index in [1.54, 1.807) is 4.81 Å². The number of fused-ring (bicyclic) bond motifs is 2. The van der Waals surface area contributed by atoms with Gasteiger partial charge in [-0.2, -0.15) is 0 Å². The number of amides is 1. The molecule has 3 rings (SSSR count). The molecule has 1 aliphatic heterocycles. The Morgan fingerprint density at radius 2 is 2.20 bits per heavy atom. The van der Waals surface area contributed by atoms with Crippen LogP contribution in [0.5, 0.6) is 0 Å². The van der Waals surface area contributed by atoms with Crippen LogP contribution in [0.3, 0.4) is 0 Å². The molecule has 2 bridgehead atoms. The highest BCUT2D eigenvalue weighted by Gasteiger charge is 2.68. The lowest BCUT2D eigenvalue weighted by molar-refractivity contribution is -0.145. The molecular weight excluding hydrogens is 251 g/mol. The summed E-state index contributed by atoms with van der Waals surface area (Å²) >= 11 is 0. The van der Waals surface area contributed by atoms with Gasteiger partial charge in [-0.05, 0) is 43.6 Å². The zero-order chi connectivity index (χ0) is 14.5. The molecule has 1 saturated heterocycles. The quantitative estimate of drug-likeness (QED) is 0.618. The SMILES string of the molecule is [B]N1CCC[C@H]1CNC(=O)[C@]12CCC(CC1=O)C2(C)C. The van der Waals surface area contributed by atoms with Crippen molar-refractivity contribution in [1.29, 1.82) is 0 Å². The minimum atomic E-state index is -0.782. The smallest absolute Gasteiger partial charge is 0.234 e. The van der Waals surface area contributed by atoms with Crippen LogP contribution in [0.2, 0.25) is 0 Å². The fraction of sp³-hybridized carbons (Fsp3) is 0.867. The van der Waals surface area contributed by atoms with Crippen LogP contribution in [0, 0.1) is 16.7 Å². The normalized spacial score (nSPS) is 39.4. The van der Waals surface area contributed by atoms with Gasteiger partial charge >= 0.3 is 0 Å². The molecule has 0 aromatic heterocycles. The predicted molar refractivity (Wildman–Crippen MR) is 77.1 cm³/mol. The second kappa shape index (κ2) is 4.59. The number of ketones is 1. The topological polar surface area (TPSA) is 49.4 Å². The largest absolute Gasteiger partial charge is 0.354 e. The molecule has 4 nitrogen and oxygen atoms in total. The fourth-order valence-electron chi connectivity index (χ4n) is 4.65. The Morgan fingerprint density at radius 1 is 1.45 bits per heavy atom. The van der Waals surface area contributed by atoms with Crippen molar-refractivity contribution in [2.45, 2.75) is 52.0 Å². The Morgan fingerprint density at radius 3 is 2.70 bits per heavy atom. The van der Waals surface area contributed by atoms with Crippen LogP contribution in [0.15, 0.2) is 0 Å². The van der Waals surface area contributed by atoms with Gasteiger partial charge in [0.25, 0.3) is 0 Å². The van der Waals surface area contributed by atoms with Crippen molar-refractivity contribution in [2.24, 2.45) is 16.7 Å². The van der Waals surface area contributed by atoms with Gasteiger partial charge in [-0.15, -0.1) is 0 Å². The van der Waals surface area contributed by atoms with Gasteiger partial charge in [0.05, 0.1) is 0 Å². The van der Waals surface area contributed by atoms with Crippen molar-refractivity contribution in [3.8, 4) is 0 Å². The Bertz CT molecular complexity index is 451. The minimum absolute atomic E-state index is 0.0622. The van der Waals surface area contributed by atoms with Crippen molar-refractivity contribution in [2.75, 3.05) is 13.1 Å². The molecule has 3 aliphatic rings. The molecule has 108 valence electrons. The van der Waals surface area contributed by atoms with Crippen LogP contribution in [0.25, 0.3) is 0 Å². The highest BCUT2D eigenvalue weighted by Crippen LogP contribution is 2.63. The fourth-order valence-corrected chi connectivity index (χ4v) is 4.65. The van der Waals surface area contributed by atoms with Gasteiger partial charge in [0.2, 0.25) is 5.91 Å². The second-order valence-electron chi connectivity index (χ2n) is 7.23. The Hall–Kier alpha value is -0.835. The van der Waals surface area contributed by atoms with Crippen LogP contribution in [-0.2, 0) is 9.59 Å². The number of Topliss-reactive ketones (excluding diaryl/α,β-unsaturated/α-hetero) is 1. The monoisotopic (exact) mass is 274 g/mol. The molecule has 1 N–H and O–H groups in total. The van der Waals surface area contributed by atoms with Gasteiger partial charge in [-0.3, -0.25) is 9.59 Å². The number of hydrogen-bond donors (Lipinski definition) is 1. The first-order valence-electron chi connectivity index (χ1n) is 7.72. The molecule has 3 atom stereocenters. The standard InChI is InChI=1S/C15H23BN2O2/c1-14(2)10-5-6-15(14,12(19)8-10)13(20)17-9-11-4-3-7-18(11)16/h10-11H,3-9H2,1-2H3,(H,17,20)/t10?,11-,15-/m0/s1. The number of rotatable bonds is 3. The lowest BCUT2D eigenvalue weighted by Gasteiger charge is -2.35. The third kappa shape index (κ3) is 1.71. The zero-order valence-electron chi connectivity index (χ0n) is 12.4. The summed E-state index contributed by atoms with van der Waals surface area (Å²) in [7, 11) is 5.89. The summed E-state index contributed by atoms with van der Waals surface area (Å²) in [6.07, 6.45) is 4.39. The maximum absolute atomic E-state index is 12.7. The Labute approximate surface area is 122 Å². The van der Waals surface area contributed by atoms with Gasteiger partial charge in [-0.25, -0.2) is 0 Å². The van der Waals surface area contributed by atoms with Crippen LogP contribution in [0.1, 0.15) is 46.0 Å². The highest BCUT2D eigenvalue weighted by atomic mass is 16.2. The predicted octanol–water partition coefficient (Wildman–Crippen LogP) is 1.05. The van der Waals surface area contributed by atoms with Gasteiger partial charge in [0.1, 0.15) is 11.2 Å². The van der Waals surface area contributed by atoms with Crippen LogP contribution in [-0.4, -0.2) is 43.6 Å². The number of nitrogens with one attached hydrogen (secondary N) is 1. The molecule has 3 fully saturated rings. The summed E-state index contributed by atoms with van der Waals surface area (Å²) in [4.78, 5) is 26.9. The summed E-state index contributed by atoms with van der Waals surface area (Å²) in [6.45, 7) is 5.61. The van der Waals surface area contributed by atoms with Crippen LogP contribution < -0.4 is 5.32 Å². The first-order valence-corrected chi connectivity index (χ1v) is 7.72. The number of hydrogen-bond acceptors (Lipinski definition) is 3. The van der Waals surface area contributed by atoms with Crippen molar-refractivity contribution < 1.29 is 9.59 Å². The molecule has 2 radical (unpaired) electrons. The zero-order valence-corrected chi connectivity index (χ0v) is 12.4. The van der Waals surface area contributed by atoms with Crippen LogP contribution >= 0.6 is 0 Å². The molecule has 20 heavy (non-hydrogen) atoms. The van der Waals surface area contributed by atoms with E-state index in [-0.39, 0.29) is 23.1 Å². The van der Waals surface area contributed by atoms with Crippen molar-refractivity contribution in [3.05, 3.63) is 0 Å². The van der Waals surface area contributed by atoms with E-state index in [0.717, 1.165) is 25.8 Å². The first kappa shape index (κ1) is 14.1. The molecule has 0 spiro atoms. The van der Waals surface area contributed by atoms with Gasteiger partial charge in [0.15, 0.2) is 7.98 Å². The number of carbonyl (C=O) groups is 2. The molecule has 1 amide bonds. The van der Waals surface area contributed by atoms with Gasteiger partial charge in [0, 0.05) is 19.0 Å². The van der Waals surface area contributed by atoms with Crippen LogP contribution in [0.4, 0.5) is 0 Å². The lowest BCUT2D eigenvalue weighted by atomic mass is 9.68. The van der Waals surface area contributed by atoms with Crippen molar-refractivity contribution in [3.63, 3.8) is 0 Å². The van der Waals surface area contributed by atoms with E-state index in [9.17, 15) is 9.59 Å². The van der Waals surface area contributed by atoms with Crippen molar-refractivity contribution >= 4 is 19.7 Å². The van der Waals surface area contributed by atoms with E-state index in [0.29, 0.717) is 25.3 Å². The maximum Gasteiger partial charge on any atom is 0.234 e. The highest BCUT2D eigenvalue weighted by molar-refractivity contribution is 6.09. The number of carbonyl (C=O) groups excluding carboxylic acids is 2. The molecule has 1 heterocycles. The average molecular weight is 274 g/mol. The molecule has 2 aliphatic carbocycles. The van der Waals surface area contributed by atoms with E-state index in [2.05, 4.69) is 19.2 Å². The Balaban J connectivity index is 1.71. The molecular formula is C15H23BN2O2. The summed E-state index contributed by atoms with van der Waals surface area (Å²) < 4.78 is 0. The van der Waals surface area contributed by atoms with E-state index in [1.807, 2.05) is 0 Å². The molecule has 1 unspecified atom stereocenters. The third-order valence-electron chi connectivity index (χ3n) is 6.20.